The van der Waals surface area contributed by atoms with E-state index >= 15 is 0 Å². The number of fused-ring (bicyclic) bond motifs is 1. The minimum absolute atomic E-state index is 0.0474. The monoisotopic (exact) mass is 317 g/mol. The molecule has 0 bridgehead atoms. The van der Waals surface area contributed by atoms with Gasteiger partial charge in [-0.1, -0.05) is 18.2 Å². The van der Waals surface area contributed by atoms with Crippen molar-refractivity contribution in [2.45, 2.75) is 25.7 Å². The average Bonchev–Trinajstić information content (AvgIpc) is 3.40. The van der Waals surface area contributed by atoms with E-state index in [4.69, 9.17) is 5.73 Å². The summed E-state index contributed by atoms with van der Waals surface area (Å²) in [5.74, 6) is 0.405. The number of para-hydroxylation sites is 1. The van der Waals surface area contributed by atoms with Crippen LogP contribution < -0.4 is 11.4 Å². The maximum atomic E-state index is 12.6. The lowest BCUT2D eigenvalue weighted by molar-refractivity contribution is 0.919. The van der Waals surface area contributed by atoms with Crippen molar-refractivity contribution in [3.8, 4) is 11.8 Å². The van der Waals surface area contributed by atoms with Crippen LogP contribution in [0.25, 0.3) is 16.7 Å². The highest BCUT2D eigenvalue weighted by Gasteiger charge is 2.27. The Morgan fingerprint density at radius 3 is 2.71 bits per heavy atom. The van der Waals surface area contributed by atoms with Gasteiger partial charge in [0, 0.05) is 11.6 Å². The third-order valence-electron chi connectivity index (χ3n) is 4.37. The Kier molecular flexibility index (Phi) is 3.10. The lowest BCUT2D eigenvalue weighted by Gasteiger charge is -2.14. The largest absolute Gasteiger partial charge is 0.383 e. The number of benzene rings is 1. The van der Waals surface area contributed by atoms with Crippen molar-refractivity contribution < 1.29 is 0 Å². The predicted octanol–water partition coefficient (Wildman–Crippen LogP) is 2.42. The summed E-state index contributed by atoms with van der Waals surface area (Å²) in [4.78, 5) is 21.1. The highest BCUT2D eigenvalue weighted by Crippen LogP contribution is 2.40. The molecule has 3 aromatic rings. The minimum Gasteiger partial charge on any atom is -0.383 e. The summed E-state index contributed by atoms with van der Waals surface area (Å²) in [5.41, 5.74) is 8.73. The maximum Gasteiger partial charge on any atom is 0.355 e. The van der Waals surface area contributed by atoms with E-state index in [2.05, 4.69) is 16.0 Å². The number of hydrogen-bond acceptors (Lipinski definition) is 5. The van der Waals surface area contributed by atoms with Crippen molar-refractivity contribution in [1.82, 2.24) is 14.5 Å². The Morgan fingerprint density at radius 2 is 2.04 bits per heavy atom. The number of aromatic nitrogens is 3. The maximum absolute atomic E-state index is 12.6. The molecule has 6 heteroatoms. The number of nitrogen functional groups attached to an aromatic ring is 1. The van der Waals surface area contributed by atoms with E-state index < -0.39 is 5.69 Å². The lowest BCUT2D eigenvalue weighted by Crippen LogP contribution is -2.25. The van der Waals surface area contributed by atoms with Gasteiger partial charge in [0.05, 0.1) is 16.6 Å². The minimum atomic E-state index is -0.487. The molecule has 2 aromatic heterocycles. The van der Waals surface area contributed by atoms with E-state index in [1.54, 1.807) is 6.07 Å². The molecule has 1 saturated carbocycles. The summed E-state index contributed by atoms with van der Waals surface area (Å²) < 4.78 is 1.45. The van der Waals surface area contributed by atoms with Gasteiger partial charge in [-0.2, -0.15) is 10.2 Å². The fraction of sp³-hybridized carbons (Fsp3) is 0.222. The average molecular weight is 317 g/mol. The zero-order valence-corrected chi connectivity index (χ0v) is 13.2. The molecule has 2 N–H and O–H groups in total. The Bertz CT molecular complexity index is 1070. The molecule has 4 rings (SSSR count). The smallest absolute Gasteiger partial charge is 0.355 e. The SMILES string of the molecule is Cc1ccccc1-n1c(=O)nc(N)c2c(C#N)cc(C3CC3)nc21. The molecule has 0 radical (unpaired) electrons. The molecule has 0 saturated heterocycles. The van der Waals surface area contributed by atoms with Gasteiger partial charge in [-0.05, 0) is 37.5 Å². The molecule has 1 aliphatic carbocycles. The van der Waals surface area contributed by atoms with Crippen LogP contribution in [0, 0.1) is 18.3 Å². The van der Waals surface area contributed by atoms with Gasteiger partial charge in [0.15, 0.2) is 5.65 Å². The number of nitrogens with two attached hydrogens (primary N) is 1. The summed E-state index contributed by atoms with van der Waals surface area (Å²) in [6.07, 6.45) is 2.11. The first-order valence-electron chi connectivity index (χ1n) is 7.79. The third kappa shape index (κ3) is 2.14. The number of pyridine rings is 1. The van der Waals surface area contributed by atoms with E-state index in [9.17, 15) is 10.1 Å². The van der Waals surface area contributed by atoms with Gasteiger partial charge < -0.3 is 5.73 Å². The quantitative estimate of drug-likeness (QED) is 0.782. The molecular weight excluding hydrogens is 302 g/mol. The van der Waals surface area contributed by atoms with E-state index in [-0.39, 0.29) is 5.82 Å². The number of aryl methyl sites for hydroxylation is 1. The lowest BCUT2D eigenvalue weighted by atomic mass is 10.1. The summed E-state index contributed by atoms with van der Waals surface area (Å²) in [5, 5.41) is 9.96. The molecule has 1 aromatic carbocycles. The zero-order valence-electron chi connectivity index (χ0n) is 13.2. The number of rotatable bonds is 2. The van der Waals surface area contributed by atoms with Crippen LogP contribution in [0.5, 0.6) is 0 Å². The van der Waals surface area contributed by atoms with Crippen LogP contribution in [0.2, 0.25) is 0 Å². The first-order valence-corrected chi connectivity index (χ1v) is 7.79. The van der Waals surface area contributed by atoms with Gasteiger partial charge >= 0.3 is 5.69 Å². The predicted molar refractivity (Wildman–Crippen MR) is 91.0 cm³/mol. The highest BCUT2D eigenvalue weighted by atomic mass is 16.1. The number of nitriles is 1. The Hall–Kier alpha value is -3.20. The molecule has 0 atom stereocenters. The van der Waals surface area contributed by atoms with Gasteiger partial charge in [0.1, 0.15) is 11.9 Å². The van der Waals surface area contributed by atoms with Crippen molar-refractivity contribution in [2.75, 3.05) is 5.73 Å². The molecule has 6 nitrogen and oxygen atoms in total. The van der Waals surface area contributed by atoms with Crippen molar-refractivity contribution >= 4 is 16.9 Å². The number of anilines is 1. The fourth-order valence-electron chi connectivity index (χ4n) is 2.97. The van der Waals surface area contributed by atoms with Crippen LogP contribution in [0.1, 0.15) is 35.6 Å². The second-order valence-corrected chi connectivity index (χ2v) is 6.08. The Morgan fingerprint density at radius 1 is 1.29 bits per heavy atom. The molecule has 1 aliphatic rings. The number of nitrogens with zero attached hydrogens (tertiary/aromatic N) is 4. The van der Waals surface area contributed by atoms with Crippen molar-refractivity contribution in [3.05, 3.63) is 57.6 Å². The van der Waals surface area contributed by atoms with Gasteiger partial charge in [0.2, 0.25) is 0 Å². The molecule has 2 heterocycles. The zero-order chi connectivity index (χ0) is 16.8. The summed E-state index contributed by atoms with van der Waals surface area (Å²) in [6.45, 7) is 1.92. The Labute approximate surface area is 138 Å². The second kappa shape index (κ2) is 5.17. The van der Waals surface area contributed by atoms with Gasteiger partial charge in [-0.15, -0.1) is 0 Å². The van der Waals surface area contributed by atoms with Crippen LogP contribution in [0.3, 0.4) is 0 Å². The Balaban J connectivity index is 2.17. The first kappa shape index (κ1) is 14.4. The van der Waals surface area contributed by atoms with Gasteiger partial charge in [0.25, 0.3) is 0 Å². The summed E-state index contributed by atoms with van der Waals surface area (Å²) in [7, 11) is 0. The third-order valence-corrected chi connectivity index (χ3v) is 4.37. The first-order chi connectivity index (χ1) is 11.6. The van der Waals surface area contributed by atoms with Gasteiger partial charge in [-0.3, -0.25) is 0 Å². The van der Waals surface area contributed by atoms with E-state index in [1.807, 2.05) is 31.2 Å². The normalized spacial score (nSPS) is 13.8. The van der Waals surface area contributed by atoms with Gasteiger partial charge in [-0.25, -0.2) is 14.3 Å². The molecular formula is C18H15N5O. The molecule has 24 heavy (non-hydrogen) atoms. The fourth-order valence-corrected chi connectivity index (χ4v) is 2.97. The molecule has 1 fully saturated rings. The van der Waals surface area contributed by atoms with Crippen molar-refractivity contribution in [3.63, 3.8) is 0 Å². The summed E-state index contributed by atoms with van der Waals surface area (Å²) in [6, 6.07) is 11.5. The topological polar surface area (TPSA) is 97.6 Å². The molecule has 0 amide bonds. The molecule has 0 unspecified atom stereocenters. The van der Waals surface area contributed by atoms with Crippen LogP contribution >= 0.6 is 0 Å². The molecule has 118 valence electrons. The highest BCUT2D eigenvalue weighted by molar-refractivity contribution is 5.92. The van der Waals surface area contributed by atoms with Crippen LogP contribution in [0.15, 0.2) is 35.1 Å². The standard InChI is InChI=1S/C18H15N5O/c1-10-4-2-3-5-14(10)23-17-15(16(20)22-18(23)24)12(9-19)8-13(21-17)11-6-7-11/h2-5,8,11H,6-7H2,1H3,(H2,20,22,24). The van der Waals surface area contributed by atoms with E-state index in [0.29, 0.717) is 28.2 Å². The van der Waals surface area contributed by atoms with E-state index in [0.717, 1.165) is 24.1 Å². The van der Waals surface area contributed by atoms with Crippen molar-refractivity contribution in [2.24, 2.45) is 0 Å². The number of hydrogen-bond donors (Lipinski definition) is 1. The van der Waals surface area contributed by atoms with Crippen LogP contribution in [-0.4, -0.2) is 14.5 Å². The molecule has 0 aliphatic heterocycles. The van der Waals surface area contributed by atoms with Crippen molar-refractivity contribution in [1.29, 1.82) is 5.26 Å². The van der Waals surface area contributed by atoms with E-state index in [1.165, 1.54) is 4.57 Å². The molecule has 0 spiro atoms. The second-order valence-electron chi connectivity index (χ2n) is 6.08. The summed E-state index contributed by atoms with van der Waals surface area (Å²) >= 11 is 0. The van der Waals surface area contributed by atoms with Crippen LogP contribution in [0.4, 0.5) is 5.82 Å². The van der Waals surface area contributed by atoms with Crippen LogP contribution in [-0.2, 0) is 0 Å².